The second-order valence-electron chi connectivity index (χ2n) is 6.59. The average Bonchev–Trinajstić information content (AvgIpc) is 2.99. The lowest BCUT2D eigenvalue weighted by Gasteiger charge is -2.10. The van der Waals surface area contributed by atoms with Gasteiger partial charge in [-0.05, 0) is 37.3 Å². The van der Waals surface area contributed by atoms with Crippen LogP contribution < -0.4 is 16.0 Å². The van der Waals surface area contributed by atoms with Crippen LogP contribution in [0.25, 0.3) is 21.9 Å². The van der Waals surface area contributed by atoms with Crippen LogP contribution in [0.4, 0.5) is 17.5 Å². The summed E-state index contributed by atoms with van der Waals surface area (Å²) in [6.07, 6.45) is 1.57. The smallest absolute Gasteiger partial charge is 0.289 e. The van der Waals surface area contributed by atoms with E-state index < -0.39 is 0 Å². The van der Waals surface area contributed by atoms with E-state index in [1.54, 1.807) is 12.3 Å². The van der Waals surface area contributed by atoms with Crippen molar-refractivity contribution in [3.63, 3.8) is 0 Å². The monoisotopic (exact) mass is 394 g/mol. The number of halogens is 1. The van der Waals surface area contributed by atoms with Gasteiger partial charge in [0.15, 0.2) is 0 Å². The van der Waals surface area contributed by atoms with E-state index in [2.05, 4.69) is 30.9 Å². The lowest BCUT2D eigenvalue weighted by molar-refractivity contribution is 0.0920. The van der Waals surface area contributed by atoms with Gasteiger partial charge in [0.2, 0.25) is 11.7 Å². The molecular weight excluding hydrogens is 380 g/mol. The number of hydrogen-bond donors (Lipinski definition) is 3. The fourth-order valence-corrected chi connectivity index (χ4v) is 3.44. The van der Waals surface area contributed by atoms with Crippen molar-refractivity contribution in [2.24, 2.45) is 0 Å². The first-order valence-electron chi connectivity index (χ1n) is 8.75. The Morgan fingerprint density at radius 1 is 1.21 bits per heavy atom. The molecule has 1 atom stereocenters. The molecule has 0 fully saturated rings. The predicted molar refractivity (Wildman–Crippen MR) is 107 cm³/mol. The molecule has 0 unspecified atom stereocenters. The van der Waals surface area contributed by atoms with Crippen LogP contribution in [0.1, 0.15) is 17.5 Å². The van der Waals surface area contributed by atoms with Crippen molar-refractivity contribution in [1.29, 1.82) is 0 Å². The van der Waals surface area contributed by atoms with Crippen LogP contribution in [0.2, 0.25) is 5.15 Å². The highest BCUT2D eigenvalue weighted by Gasteiger charge is 2.26. The van der Waals surface area contributed by atoms with E-state index >= 15 is 0 Å². The van der Waals surface area contributed by atoms with Gasteiger partial charge in [0.05, 0.1) is 16.6 Å². The average molecular weight is 395 g/mol. The number of hydrogen-bond acceptors (Lipinski definition) is 7. The molecule has 140 valence electrons. The normalized spacial score (nSPS) is 16.4. The first-order chi connectivity index (χ1) is 13.6. The Morgan fingerprint density at radius 2 is 2.11 bits per heavy atom. The molecule has 1 aliphatic heterocycles. The summed E-state index contributed by atoms with van der Waals surface area (Å²) in [5.41, 5.74) is 2.08. The summed E-state index contributed by atoms with van der Waals surface area (Å²) in [7, 11) is 0. The predicted octanol–water partition coefficient (Wildman–Crippen LogP) is 3.71. The van der Waals surface area contributed by atoms with Crippen LogP contribution in [-0.2, 0) is 0 Å². The van der Waals surface area contributed by atoms with E-state index in [0.29, 0.717) is 40.5 Å². The molecule has 8 nitrogen and oxygen atoms in total. The van der Waals surface area contributed by atoms with Crippen molar-refractivity contribution in [1.82, 2.24) is 20.3 Å². The molecule has 0 saturated heterocycles. The van der Waals surface area contributed by atoms with Crippen LogP contribution in [0.5, 0.6) is 0 Å². The molecule has 0 spiro atoms. The Hall–Kier alpha value is -3.39. The van der Waals surface area contributed by atoms with E-state index in [9.17, 15) is 4.79 Å². The van der Waals surface area contributed by atoms with Gasteiger partial charge in [0, 0.05) is 24.2 Å². The third-order valence-corrected chi connectivity index (χ3v) is 4.76. The molecule has 3 aromatic heterocycles. The van der Waals surface area contributed by atoms with Crippen LogP contribution in [0.3, 0.4) is 0 Å². The SMILES string of the molecule is C[C@@H]1CNc2c(oc3ccc4nc(Nc5nccc(Cl)n5)ccc4c23)C(=O)N1. The Labute approximate surface area is 164 Å². The molecule has 0 saturated carbocycles. The lowest BCUT2D eigenvalue weighted by Crippen LogP contribution is -2.34. The minimum absolute atomic E-state index is 0.00625. The first kappa shape index (κ1) is 16.8. The van der Waals surface area contributed by atoms with E-state index in [1.807, 2.05) is 31.2 Å². The van der Waals surface area contributed by atoms with E-state index in [1.165, 1.54) is 0 Å². The highest BCUT2D eigenvalue weighted by Crippen LogP contribution is 2.37. The van der Waals surface area contributed by atoms with E-state index in [4.69, 9.17) is 16.0 Å². The largest absolute Gasteiger partial charge is 0.449 e. The van der Waals surface area contributed by atoms with Gasteiger partial charge >= 0.3 is 0 Å². The minimum Gasteiger partial charge on any atom is -0.449 e. The van der Waals surface area contributed by atoms with Gasteiger partial charge in [-0.1, -0.05) is 11.6 Å². The number of carbonyl (C=O) groups is 1. The number of benzene rings is 1. The molecule has 4 heterocycles. The van der Waals surface area contributed by atoms with Gasteiger partial charge < -0.3 is 20.4 Å². The molecule has 3 N–H and O–H groups in total. The fourth-order valence-electron chi connectivity index (χ4n) is 3.31. The summed E-state index contributed by atoms with van der Waals surface area (Å²) in [6.45, 7) is 2.55. The second-order valence-corrected chi connectivity index (χ2v) is 6.98. The molecule has 9 heteroatoms. The van der Waals surface area contributed by atoms with Crippen LogP contribution >= 0.6 is 11.6 Å². The van der Waals surface area contributed by atoms with Crippen molar-refractivity contribution in [3.05, 3.63) is 47.4 Å². The Kier molecular flexibility index (Phi) is 3.80. The molecule has 5 rings (SSSR count). The van der Waals surface area contributed by atoms with Crippen LogP contribution in [0.15, 0.2) is 40.9 Å². The first-order valence-corrected chi connectivity index (χ1v) is 9.13. The number of nitrogens with zero attached hydrogens (tertiary/aromatic N) is 3. The number of amides is 1. The zero-order valence-electron chi connectivity index (χ0n) is 14.8. The van der Waals surface area contributed by atoms with Gasteiger partial charge in [0.25, 0.3) is 5.91 Å². The number of aromatic nitrogens is 3. The summed E-state index contributed by atoms with van der Waals surface area (Å²) in [4.78, 5) is 25.3. The molecule has 1 aliphatic rings. The summed E-state index contributed by atoms with van der Waals surface area (Å²) < 4.78 is 5.83. The molecule has 4 aromatic rings. The fraction of sp³-hybridized carbons (Fsp3) is 0.158. The van der Waals surface area contributed by atoms with Gasteiger partial charge in [-0.15, -0.1) is 0 Å². The van der Waals surface area contributed by atoms with Gasteiger partial charge in [-0.2, -0.15) is 0 Å². The van der Waals surface area contributed by atoms with Crippen molar-refractivity contribution in [2.75, 3.05) is 17.2 Å². The third-order valence-electron chi connectivity index (χ3n) is 4.55. The maximum atomic E-state index is 12.4. The summed E-state index contributed by atoms with van der Waals surface area (Å²) >= 11 is 5.90. The maximum Gasteiger partial charge on any atom is 0.289 e. The van der Waals surface area contributed by atoms with Gasteiger partial charge in [0.1, 0.15) is 16.6 Å². The van der Waals surface area contributed by atoms with E-state index in [-0.39, 0.29) is 11.9 Å². The molecule has 0 aliphatic carbocycles. The Bertz CT molecular complexity index is 1240. The molecular formula is C19H15ClN6O2. The maximum absolute atomic E-state index is 12.4. The molecule has 1 aromatic carbocycles. The number of pyridine rings is 1. The number of carbonyl (C=O) groups excluding carboxylic acids is 1. The minimum atomic E-state index is -0.221. The number of nitrogens with one attached hydrogen (secondary N) is 3. The van der Waals surface area contributed by atoms with Crippen molar-refractivity contribution in [3.8, 4) is 0 Å². The van der Waals surface area contributed by atoms with Gasteiger partial charge in [-0.3, -0.25) is 4.79 Å². The number of rotatable bonds is 2. The zero-order valence-corrected chi connectivity index (χ0v) is 15.5. The van der Waals surface area contributed by atoms with Crippen LogP contribution in [0, 0.1) is 0 Å². The van der Waals surface area contributed by atoms with Crippen molar-refractivity contribution >= 4 is 56.8 Å². The standard InChI is InChI=1S/C19H15ClN6O2/c1-9-8-22-16-15-10-2-5-14(26-19-21-7-6-13(20)25-19)24-11(10)3-4-12(15)28-17(16)18(27)23-9/h2-7,9,22H,8H2,1H3,(H,23,27)(H,21,24,25,26)/t9-/m1/s1. The topological polar surface area (TPSA) is 105 Å². The number of furan rings is 1. The van der Waals surface area contributed by atoms with Crippen molar-refractivity contribution in [2.45, 2.75) is 13.0 Å². The second kappa shape index (κ2) is 6.35. The summed E-state index contributed by atoms with van der Waals surface area (Å²) in [5, 5.41) is 11.3. The highest BCUT2D eigenvalue weighted by molar-refractivity contribution is 6.29. The quantitative estimate of drug-likeness (QED) is 0.445. The third kappa shape index (κ3) is 2.78. The Morgan fingerprint density at radius 3 is 2.96 bits per heavy atom. The van der Waals surface area contributed by atoms with E-state index in [0.717, 1.165) is 16.3 Å². The highest BCUT2D eigenvalue weighted by atomic mass is 35.5. The van der Waals surface area contributed by atoms with Gasteiger partial charge in [-0.25, -0.2) is 15.0 Å². The Balaban J connectivity index is 1.62. The summed E-state index contributed by atoms with van der Waals surface area (Å²) in [6, 6.07) is 9.03. The summed E-state index contributed by atoms with van der Waals surface area (Å²) in [5.74, 6) is 1.02. The van der Waals surface area contributed by atoms with Crippen LogP contribution in [-0.4, -0.2) is 33.4 Å². The van der Waals surface area contributed by atoms with Crippen molar-refractivity contribution < 1.29 is 9.21 Å². The number of fused-ring (bicyclic) bond motifs is 5. The lowest BCUT2D eigenvalue weighted by atomic mass is 10.1. The number of anilines is 3. The molecule has 28 heavy (non-hydrogen) atoms. The molecule has 0 radical (unpaired) electrons. The zero-order chi connectivity index (χ0) is 19.3. The molecule has 0 bridgehead atoms. The molecule has 1 amide bonds.